The van der Waals surface area contributed by atoms with Crippen molar-refractivity contribution in [2.45, 2.75) is 20.8 Å². The van der Waals surface area contributed by atoms with E-state index in [-0.39, 0.29) is 5.82 Å². The van der Waals surface area contributed by atoms with E-state index in [1.165, 1.54) is 16.9 Å². The number of rotatable bonds is 1. The van der Waals surface area contributed by atoms with Gasteiger partial charge in [0.15, 0.2) is 0 Å². The zero-order chi connectivity index (χ0) is 11.3. The molecule has 0 radical (unpaired) electrons. The molecule has 0 saturated heterocycles. The second-order valence-electron chi connectivity index (χ2n) is 2.75. The number of benzene rings is 1. The van der Waals surface area contributed by atoms with Crippen molar-refractivity contribution in [1.29, 1.82) is 0 Å². The Balaban J connectivity index is 0.000000531. The van der Waals surface area contributed by atoms with Crippen LogP contribution in [-0.2, 0) is 0 Å². The Labute approximate surface area is 88.6 Å². The van der Waals surface area contributed by atoms with Gasteiger partial charge in [-0.3, -0.25) is 0 Å². The number of nitrogens with zero attached hydrogens (tertiary/aromatic N) is 3. The highest BCUT2D eigenvalue weighted by molar-refractivity contribution is 5.38. The summed E-state index contributed by atoms with van der Waals surface area (Å²) in [4.78, 5) is 1.40. The van der Waals surface area contributed by atoms with Gasteiger partial charge in [0.05, 0.1) is 18.1 Å². The van der Waals surface area contributed by atoms with E-state index in [1.807, 2.05) is 20.8 Å². The van der Waals surface area contributed by atoms with Crippen LogP contribution in [0.2, 0.25) is 0 Å². The van der Waals surface area contributed by atoms with E-state index in [4.69, 9.17) is 0 Å². The summed E-state index contributed by atoms with van der Waals surface area (Å²) in [6, 6.07) is 4.53. The Hall–Kier alpha value is -1.71. The predicted octanol–water partition coefficient (Wildman–Crippen LogP) is 2.74. The molecule has 15 heavy (non-hydrogen) atoms. The van der Waals surface area contributed by atoms with Gasteiger partial charge in [-0.1, -0.05) is 19.9 Å². The largest absolute Gasteiger partial charge is 0.207 e. The van der Waals surface area contributed by atoms with E-state index >= 15 is 0 Å². The predicted molar refractivity (Wildman–Crippen MR) is 57.4 cm³/mol. The third-order valence-corrected chi connectivity index (χ3v) is 1.81. The van der Waals surface area contributed by atoms with Gasteiger partial charge >= 0.3 is 0 Å². The molecule has 0 amide bonds. The Kier molecular flexibility index (Phi) is 3.97. The Morgan fingerprint density at radius 1 is 1.13 bits per heavy atom. The fourth-order valence-electron chi connectivity index (χ4n) is 1.14. The number of hydrogen-bond acceptors (Lipinski definition) is 2. The van der Waals surface area contributed by atoms with Crippen LogP contribution in [0.5, 0.6) is 0 Å². The fraction of sp³-hybridized carbons (Fsp3) is 0.273. The topological polar surface area (TPSA) is 30.7 Å². The molecule has 3 nitrogen and oxygen atoms in total. The highest BCUT2D eigenvalue weighted by atomic mass is 19.1. The molecule has 1 aromatic carbocycles. The van der Waals surface area contributed by atoms with Gasteiger partial charge in [-0.2, -0.15) is 15.0 Å². The van der Waals surface area contributed by atoms with E-state index in [0.717, 1.165) is 5.56 Å². The van der Waals surface area contributed by atoms with Crippen molar-refractivity contribution in [2.24, 2.45) is 0 Å². The zero-order valence-corrected chi connectivity index (χ0v) is 9.11. The lowest BCUT2D eigenvalue weighted by atomic mass is 10.2. The van der Waals surface area contributed by atoms with Gasteiger partial charge < -0.3 is 0 Å². The summed E-state index contributed by atoms with van der Waals surface area (Å²) in [6.07, 6.45) is 3.12. The molecule has 4 heteroatoms. The van der Waals surface area contributed by atoms with E-state index < -0.39 is 0 Å². The van der Waals surface area contributed by atoms with Crippen molar-refractivity contribution in [3.63, 3.8) is 0 Å². The molecule has 1 heterocycles. The second-order valence-corrected chi connectivity index (χ2v) is 2.75. The molecule has 0 aliphatic carbocycles. The van der Waals surface area contributed by atoms with Crippen molar-refractivity contribution in [3.8, 4) is 5.69 Å². The van der Waals surface area contributed by atoms with Crippen molar-refractivity contribution in [1.82, 2.24) is 15.0 Å². The summed E-state index contributed by atoms with van der Waals surface area (Å²) in [5.41, 5.74) is 1.61. The van der Waals surface area contributed by atoms with Crippen molar-refractivity contribution >= 4 is 0 Å². The average molecular weight is 207 g/mol. The molecule has 0 aliphatic heterocycles. The first-order valence-corrected chi connectivity index (χ1v) is 4.90. The van der Waals surface area contributed by atoms with Crippen molar-refractivity contribution in [3.05, 3.63) is 42.0 Å². The van der Waals surface area contributed by atoms with Crippen molar-refractivity contribution < 1.29 is 4.39 Å². The Morgan fingerprint density at radius 2 is 1.73 bits per heavy atom. The van der Waals surface area contributed by atoms with Crippen LogP contribution in [0.3, 0.4) is 0 Å². The van der Waals surface area contributed by atoms with Gasteiger partial charge in [0.25, 0.3) is 0 Å². The molecular weight excluding hydrogens is 193 g/mol. The monoisotopic (exact) mass is 207 g/mol. The standard InChI is InChI=1S/C9H8FN3.C2H6/c1-7-2-3-8(10)6-9(7)13-11-4-5-12-13;1-2/h2-6H,1H3;1-2H3. The molecule has 2 aromatic rings. The molecule has 0 spiro atoms. The minimum absolute atomic E-state index is 0.280. The minimum atomic E-state index is -0.280. The number of aromatic nitrogens is 3. The number of aryl methyl sites for hydroxylation is 1. The van der Waals surface area contributed by atoms with Gasteiger partial charge in [-0.15, -0.1) is 0 Å². The lowest BCUT2D eigenvalue weighted by Crippen LogP contribution is -2.01. The van der Waals surface area contributed by atoms with E-state index in [0.29, 0.717) is 5.69 Å². The van der Waals surface area contributed by atoms with E-state index in [9.17, 15) is 4.39 Å². The minimum Gasteiger partial charge on any atom is -0.207 e. The normalized spacial score (nSPS) is 9.33. The third kappa shape index (κ3) is 2.62. The van der Waals surface area contributed by atoms with Crippen LogP contribution in [0.15, 0.2) is 30.6 Å². The Morgan fingerprint density at radius 3 is 2.33 bits per heavy atom. The molecule has 0 bridgehead atoms. The summed E-state index contributed by atoms with van der Waals surface area (Å²) >= 11 is 0. The van der Waals surface area contributed by atoms with E-state index in [1.54, 1.807) is 18.5 Å². The third-order valence-electron chi connectivity index (χ3n) is 1.81. The molecule has 0 aliphatic rings. The summed E-state index contributed by atoms with van der Waals surface area (Å²) in [7, 11) is 0. The first-order chi connectivity index (χ1) is 7.27. The van der Waals surface area contributed by atoms with Crippen LogP contribution in [0.1, 0.15) is 19.4 Å². The maximum absolute atomic E-state index is 12.9. The van der Waals surface area contributed by atoms with Crippen LogP contribution in [0, 0.1) is 12.7 Å². The molecule has 0 atom stereocenters. The first-order valence-electron chi connectivity index (χ1n) is 4.90. The summed E-state index contributed by atoms with van der Waals surface area (Å²) < 4.78 is 12.9. The molecular formula is C11H14FN3. The van der Waals surface area contributed by atoms with E-state index in [2.05, 4.69) is 10.2 Å². The van der Waals surface area contributed by atoms with Crippen LogP contribution in [-0.4, -0.2) is 15.0 Å². The fourth-order valence-corrected chi connectivity index (χ4v) is 1.14. The summed E-state index contributed by atoms with van der Waals surface area (Å²) in [5, 5.41) is 7.85. The van der Waals surface area contributed by atoms with Gasteiger partial charge in [0.1, 0.15) is 5.82 Å². The molecule has 0 saturated carbocycles. The number of halogens is 1. The van der Waals surface area contributed by atoms with Gasteiger partial charge in [-0.25, -0.2) is 4.39 Å². The summed E-state index contributed by atoms with van der Waals surface area (Å²) in [5.74, 6) is -0.280. The lowest BCUT2D eigenvalue weighted by Gasteiger charge is -2.03. The lowest BCUT2D eigenvalue weighted by molar-refractivity contribution is 0.621. The maximum atomic E-state index is 12.9. The highest BCUT2D eigenvalue weighted by Gasteiger charge is 2.02. The quantitative estimate of drug-likeness (QED) is 0.719. The SMILES string of the molecule is CC.Cc1ccc(F)cc1-n1nccn1. The van der Waals surface area contributed by atoms with Gasteiger partial charge in [0, 0.05) is 6.07 Å². The van der Waals surface area contributed by atoms with Crippen molar-refractivity contribution in [2.75, 3.05) is 0 Å². The van der Waals surface area contributed by atoms with Crippen LogP contribution < -0.4 is 0 Å². The van der Waals surface area contributed by atoms with Crippen LogP contribution >= 0.6 is 0 Å². The van der Waals surface area contributed by atoms with Crippen LogP contribution in [0.25, 0.3) is 5.69 Å². The molecule has 0 fully saturated rings. The Bertz CT molecular complexity index is 410. The average Bonchev–Trinajstić information content (AvgIpc) is 2.78. The smallest absolute Gasteiger partial charge is 0.125 e. The molecule has 2 rings (SSSR count). The number of hydrogen-bond donors (Lipinski definition) is 0. The highest BCUT2D eigenvalue weighted by Crippen LogP contribution is 2.12. The molecule has 80 valence electrons. The van der Waals surface area contributed by atoms with Crippen LogP contribution in [0.4, 0.5) is 4.39 Å². The van der Waals surface area contributed by atoms with Gasteiger partial charge in [-0.05, 0) is 18.6 Å². The molecule has 1 aromatic heterocycles. The van der Waals surface area contributed by atoms with Gasteiger partial charge in [0.2, 0.25) is 0 Å². The zero-order valence-electron chi connectivity index (χ0n) is 9.11. The summed E-state index contributed by atoms with van der Waals surface area (Å²) in [6.45, 7) is 5.89. The first kappa shape index (κ1) is 11.4. The molecule has 0 N–H and O–H groups in total. The maximum Gasteiger partial charge on any atom is 0.125 e. The second kappa shape index (κ2) is 5.24. The molecule has 0 unspecified atom stereocenters.